The van der Waals surface area contributed by atoms with Crippen molar-refractivity contribution in [1.29, 1.82) is 0 Å². The zero-order chi connectivity index (χ0) is 6.57. The third kappa shape index (κ3) is 2.89. The Morgan fingerprint density at radius 3 is 2.25 bits per heavy atom. The molecule has 0 rings (SSSR count). The molecule has 0 saturated carbocycles. The molecule has 0 aromatic heterocycles. The highest BCUT2D eigenvalue weighted by molar-refractivity contribution is 4.50. The van der Waals surface area contributed by atoms with Gasteiger partial charge in [0.1, 0.15) is 0 Å². The van der Waals surface area contributed by atoms with Crippen molar-refractivity contribution >= 4 is 0 Å². The Labute approximate surface area is 47.0 Å². The van der Waals surface area contributed by atoms with Crippen LogP contribution in [0.2, 0.25) is 0 Å². The van der Waals surface area contributed by atoms with Gasteiger partial charge in [-0.1, -0.05) is 5.23 Å². The van der Waals surface area contributed by atoms with Crippen molar-refractivity contribution in [2.75, 3.05) is 6.54 Å². The first-order valence-corrected chi connectivity index (χ1v) is 2.22. The highest BCUT2D eigenvalue weighted by atomic mass is 16.8. The second-order valence-corrected chi connectivity index (χ2v) is 1.53. The fourth-order valence-electron chi connectivity index (χ4n) is 0.214. The van der Waals surface area contributed by atoms with E-state index in [1.54, 1.807) is 5.48 Å². The lowest BCUT2D eigenvalue weighted by Crippen LogP contribution is -2.34. The van der Waals surface area contributed by atoms with E-state index in [1.807, 2.05) is 0 Å². The molecule has 4 N–H and O–H groups in total. The Morgan fingerprint density at radius 1 is 1.62 bits per heavy atom. The topological polar surface area (TPSA) is 76.0 Å². The molecule has 50 valence electrons. The Bertz CT molecular complexity index is 58.5. The summed E-state index contributed by atoms with van der Waals surface area (Å²) in [6.45, 7) is 1.65. The van der Waals surface area contributed by atoms with Gasteiger partial charge in [0.25, 0.3) is 0 Å². The molecule has 5 nitrogen and oxygen atoms in total. The first-order chi connectivity index (χ1) is 3.68. The van der Waals surface area contributed by atoms with E-state index in [9.17, 15) is 0 Å². The summed E-state index contributed by atoms with van der Waals surface area (Å²) in [4.78, 5) is 0. The Kier molecular flexibility index (Phi) is 3.67. The van der Waals surface area contributed by atoms with Gasteiger partial charge in [-0.15, -0.1) is 0 Å². The lowest BCUT2D eigenvalue weighted by Gasteiger charge is -2.13. The monoisotopic (exact) mass is 122 g/mol. The fraction of sp³-hybridized carbons (Fsp3) is 1.00. The van der Waals surface area contributed by atoms with Crippen molar-refractivity contribution in [3.8, 4) is 0 Å². The van der Waals surface area contributed by atoms with Crippen LogP contribution >= 0.6 is 0 Å². The van der Waals surface area contributed by atoms with Crippen molar-refractivity contribution in [2.24, 2.45) is 0 Å². The lowest BCUT2D eigenvalue weighted by atomic mass is 10.4. The van der Waals surface area contributed by atoms with Crippen molar-refractivity contribution in [3.63, 3.8) is 0 Å². The van der Waals surface area contributed by atoms with Crippen LogP contribution in [-0.4, -0.2) is 33.4 Å². The van der Waals surface area contributed by atoms with E-state index < -0.39 is 6.04 Å². The quantitative estimate of drug-likeness (QED) is 0.377. The normalized spacial score (nSPS) is 14.6. The molecule has 0 fully saturated rings. The molecule has 0 aliphatic rings. The van der Waals surface area contributed by atoms with Crippen LogP contribution in [0.25, 0.3) is 0 Å². The number of nitrogens with one attached hydrogen (secondary N) is 1. The van der Waals surface area contributed by atoms with Gasteiger partial charge >= 0.3 is 0 Å². The van der Waals surface area contributed by atoms with Crippen molar-refractivity contribution in [1.82, 2.24) is 10.7 Å². The number of hydrogen-bond donors (Lipinski definition) is 4. The summed E-state index contributed by atoms with van der Waals surface area (Å²) in [6.07, 6.45) is 0. The van der Waals surface area contributed by atoms with Crippen LogP contribution in [-0.2, 0) is 0 Å². The average molecular weight is 122 g/mol. The minimum atomic E-state index is -0.500. The number of rotatable bonds is 3. The minimum Gasteiger partial charge on any atom is -0.317 e. The van der Waals surface area contributed by atoms with Crippen LogP contribution in [0.15, 0.2) is 0 Å². The van der Waals surface area contributed by atoms with Gasteiger partial charge in [0, 0.05) is 6.54 Å². The molecule has 0 saturated heterocycles. The highest BCUT2D eigenvalue weighted by Gasteiger charge is 2.05. The molecule has 0 heterocycles. The van der Waals surface area contributed by atoms with Crippen molar-refractivity contribution < 1.29 is 15.6 Å². The van der Waals surface area contributed by atoms with E-state index in [0.29, 0.717) is 0 Å². The fourth-order valence-corrected chi connectivity index (χ4v) is 0.214. The third-order valence-electron chi connectivity index (χ3n) is 0.781. The van der Waals surface area contributed by atoms with E-state index >= 15 is 0 Å². The molecular formula is C3H10N2O3. The first kappa shape index (κ1) is 7.80. The van der Waals surface area contributed by atoms with Gasteiger partial charge in [-0.3, -0.25) is 10.4 Å². The van der Waals surface area contributed by atoms with E-state index in [2.05, 4.69) is 0 Å². The van der Waals surface area contributed by atoms with Crippen LogP contribution < -0.4 is 5.48 Å². The Balaban J connectivity index is 3.17. The summed E-state index contributed by atoms with van der Waals surface area (Å²) in [5.74, 6) is 0. The molecule has 0 aromatic carbocycles. The predicted molar refractivity (Wildman–Crippen MR) is 24.7 cm³/mol. The highest BCUT2D eigenvalue weighted by Crippen LogP contribution is 1.84. The zero-order valence-electron chi connectivity index (χ0n) is 4.57. The van der Waals surface area contributed by atoms with Crippen LogP contribution in [0.5, 0.6) is 0 Å². The molecular weight excluding hydrogens is 112 g/mol. The summed E-state index contributed by atoms with van der Waals surface area (Å²) in [5, 5.41) is 24.4. The first-order valence-electron chi connectivity index (χ1n) is 2.22. The molecule has 8 heavy (non-hydrogen) atoms. The van der Waals surface area contributed by atoms with Gasteiger partial charge in [0.05, 0.1) is 6.04 Å². The summed E-state index contributed by atoms with van der Waals surface area (Å²) < 4.78 is 0. The number of hydrogen-bond acceptors (Lipinski definition) is 5. The maximum atomic E-state index is 8.19. The molecule has 1 atom stereocenters. The second kappa shape index (κ2) is 3.76. The SMILES string of the molecule is CC(CNO)N(O)O. The van der Waals surface area contributed by atoms with Gasteiger partial charge in [-0.05, 0) is 6.92 Å². The largest absolute Gasteiger partial charge is 0.317 e. The smallest absolute Gasteiger partial charge is 0.0742 e. The molecule has 0 aliphatic heterocycles. The Morgan fingerprint density at radius 2 is 2.12 bits per heavy atom. The maximum Gasteiger partial charge on any atom is 0.0742 e. The van der Waals surface area contributed by atoms with E-state index in [-0.39, 0.29) is 11.8 Å². The van der Waals surface area contributed by atoms with Gasteiger partial charge in [0.15, 0.2) is 0 Å². The molecule has 5 heteroatoms. The molecule has 0 aliphatic carbocycles. The van der Waals surface area contributed by atoms with Crippen LogP contribution in [0.1, 0.15) is 6.92 Å². The van der Waals surface area contributed by atoms with Crippen LogP contribution in [0, 0.1) is 0 Å². The summed E-state index contributed by atoms with van der Waals surface area (Å²) in [5.41, 5.74) is 1.79. The molecule has 0 spiro atoms. The maximum absolute atomic E-state index is 8.19. The summed E-state index contributed by atoms with van der Waals surface area (Å²) in [7, 11) is 0. The number of hydroxylamine groups is 3. The standard InChI is InChI=1S/C3H10N2O3/c1-3(2-4-6)5(7)8/h3-4,6-8H,2H2,1H3. The van der Waals surface area contributed by atoms with Gasteiger partial charge in [0.2, 0.25) is 0 Å². The molecule has 0 bridgehead atoms. The van der Waals surface area contributed by atoms with E-state index in [0.717, 1.165) is 0 Å². The molecule has 1 unspecified atom stereocenters. The van der Waals surface area contributed by atoms with Crippen LogP contribution in [0.3, 0.4) is 0 Å². The van der Waals surface area contributed by atoms with E-state index in [1.165, 1.54) is 6.92 Å². The third-order valence-corrected chi connectivity index (χ3v) is 0.781. The van der Waals surface area contributed by atoms with Crippen LogP contribution in [0.4, 0.5) is 0 Å². The summed E-state index contributed by atoms with van der Waals surface area (Å²) >= 11 is 0. The van der Waals surface area contributed by atoms with Gasteiger partial charge < -0.3 is 5.21 Å². The Hall–Kier alpha value is -0.200. The van der Waals surface area contributed by atoms with Gasteiger partial charge in [-0.2, -0.15) is 0 Å². The lowest BCUT2D eigenvalue weighted by molar-refractivity contribution is -0.329. The minimum absolute atomic E-state index is 0.0310. The van der Waals surface area contributed by atoms with Crippen molar-refractivity contribution in [3.05, 3.63) is 0 Å². The van der Waals surface area contributed by atoms with E-state index in [4.69, 9.17) is 15.6 Å². The molecule has 0 aromatic rings. The predicted octanol–water partition coefficient (Wildman–Crippen LogP) is -0.566. The molecule has 0 radical (unpaired) electrons. The average Bonchev–Trinajstić information content (AvgIpc) is 1.67. The summed E-state index contributed by atoms with van der Waals surface area (Å²) in [6, 6.07) is -0.500. The zero-order valence-corrected chi connectivity index (χ0v) is 4.57. The van der Waals surface area contributed by atoms with Crippen molar-refractivity contribution in [2.45, 2.75) is 13.0 Å². The number of nitrogens with zero attached hydrogens (tertiary/aromatic N) is 1. The van der Waals surface area contributed by atoms with Gasteiger partial charge in [-0.25, -0.2) is 5.48 Å². The molecule has 0 amide bonds. The second-order valence-electron chi connectivity index (χ2n) is 1.53.